The maximum atomic E-state index is 11.3. The van der Waals surface area contributed by atoms with E-state index in [1.165, 1.54) is 0 Å². The van der Waals surface area contributed by atoms with E-state index in [-0.39, 0.29) is 17.9 Å². The maximum Gasteiger partial charge on any atom is 0.237 e. The Morgan fingerprint density at radius 3 is 2.38 bits per heavy atom. The molecule has 0 saturated heterocycles. The van der Waals surface area contributed by atoms with Crippen LogP contribution < -0.4 is 11.1 Å². The highest BCUT2D eigenvalue weighted by atomic mass is 16.5. The highest BCUT2D eigenvalue weighted by molar-refractivity contribution is 5.81. The van der Waals surface area contributed by atoms with Crippen molar-refractivity contribution in [1.29, 1.82) is 0 Å². The molecule has 0 rings (SSSR count). The topological polar surface area (TPSA) is 64.3 Å². The fourth-order valence-corrected chi connectivity index (χ4v) is 0.748. The van der Waals surface area contributed by atoms with Crippen LogP contribution in [0.5, 0.6) is 0 Å². The summed E-state index contributed by atoms with van der Waals surface area (Å²) in [4.78, 5) is 11.3. The van der Waals surface area contributed by atoms with E-state index in [1.807, 2.05) is 20.8 Å². The minimum atomic E-state index is -0.427. The van der Waals surface area contributed by atoms with Gasteiger partial charge in [-0.15, -0.1) is 0 Å². The summed E-state index contributed by atoms with van der Waals surface area (Å²) in [5.41, 5.74) is 5.63. The van der Waals surface area contributed by atoms with Crippen LogP contribution in [0.4, 0.5) is 0 Å². The van der Waals surface area contributed by atoms with Crippen molar-refractivity contribution in [3.8, 4) is 0 Å². The molecule has 0 spiro atoms. The molecule has 0 bridgehead atoms. The zero-order valence-corrected chi connectivity index (χ0v) is 8.83. The number of hydrogen-bond donors (Lipinski definition) is 2. The van der Waals surface area contributed by atoms with Crippen LogP contribution in [0, 0.1) is 5.92 Å². The number of hydrogen-bond acceptors (Lipinski definition) is 3. The molecule has 0 heterocycles. The third kappa shape index (κ3) is 4.85. The van der Waals surface area contributed by atoms with E-state index in [0.29, 0.717) is 6.54 Å². The van der Waals surface area contributed by atoms with Crippen molar-refractivity contribution in [3.05, 3.63) is 0 Å². The molecular formula is C9H20N2O2. The monoisotopic (exact) mass is 188 g/mol. The molecule has 0 aromatic carbocycles. The summed E-state index contributed by atoms with van der Waals surface area (Å²) in [6.45, 7) is 6.24. The van der Waals surface area contributed by atoms with Gasteiger partial charge in [-0.05, 0) is 12.8 Å². The van der Waals surface area contributed by atoms with Gasteiger partial charge in [-0.1, -0.05) is 13.8 Å². The van der Waals surface area contributed by atoms with Gasteiger partial charge in [0.1, 0.15) is 0 Å². The van der Waals surface area contributed by atoms with Gasteiger partial charge in [-0.2, -0.15) is 0 Å². The molecule has 0 fully saturated rings. The Morgan fingerprint density at radius 1 is 1.46 bits per heavy atom. The van der Waals surface area contributed by atoms with E-state index in [1.54, 1.807) is 7.11 Å². The Hall–Kier alpha value is -0.610. The van der Waals surface area contributed by atoms with Crippen LogP contribution in [0.3, 0.4) is 0 Å². The lowest BCUT2D eigenvalue weighted by Crippen LogP contribution is -2.45. The van der Waals surface area contributed by atoms with Gasteiger partial charge in [-0.3, -0.25) is 4.79 Å². The van der Waals surface area contributed by atoms with Crippen LogP contribution in [0.2, 0.25) is 0 Å². The molecule has 0 aliphatic heterocycles. The Kier molecular flexibility index (Phi) is 5.66. The molecule has 3 N–H and O–H groups in total. The predicted molar refractivity (Wildman–Crippen MR) is 52.3 cm³/mol. The molecule has 1 amide bonds. The average Bonchev–Trinajstić information content (AvgIpc) is 2.11. The lowest BCUT2D eigenvalue weighted by Gasteiger charge is -2.17. The van der Waals surface area contributed by atoms with Crippen LogP contribution in [0.15, 0.2) is 0 Å². The quantitative estimate of drug-likeness (QED) is 0.644. The van der Waals surface area contributed by atoms with E-state index < -0.39 is 6.04 Å². The molecule has 0 saturated carbocycles. The molecule has 13 heavy (non-hydrogen) atoms. The number of carbonyl (C=O) groups is 1. The zero-order valence-electron chi connectivity index (χ0n) is 8.83. The number of carbonyl (C=O) groups excluding carboxylic acids is 1. The van der Waals surface area contributed by atoms with Crippen molar-refractivity contribution in [3.63, 3.8) is 0 Å². The number of methoxy groups -OCH3 is 1. The molecule has 78 valence electrons. The minimum Gasteiger partial charge on any atom is -0.380 e. The Morgan fingerprint density at radius 2 is 2.00 bits per heavy atom. The van der Waals surface area contributed by atoms with Crippen LogP contribution in [-0.2, 0) is 9.53 Å². The maximum absolute atomic E-state index is 11.3. The summed E-state index contributed by atoms with van der Waals surface area (Å²) >= 11 is 0. The summed E-state index contributed by atoms with van der Waals surface area (Å²) in [5.74, 6) is 0.0525. The van der Waals surface area contributed by atoms with Crippen LogP contribution in [-0.4, -0.2) is 31.7 Å². The van der Waals surface area contributed by atoms with Gasteiger partial charge in [0, 0.05) is 13.7 Å². The Labute approximate surface area is 79.8 Å². The second-order valence-electron chi connectivity index (χ2n) is 3.56. The van der Waals surface area contributed by atoms with Crippen molar-refractivity contribution in [2.24, 2.45) is 11.7 Å². The molecule has 0 aromatic rings. The van der Waals surface area contributed by atoms with Crippen molar-refractivity contribution >= 4 is 5.91 Å². The molecule has 4 nitrogen and oxygen atoms in total. The first-order chi connectivity index (χ1) is 5.99. The molecular weight excluding hydrogens is 168 g/mol. The second kappa shape index (κ2) is 5.94. The standard InChI is InChI=1S/C9H20N2O2/c1-6(2)8(10)9(12)11-5-7(3)13-4/h6-8H,5,10H2,1-4H3,(H,11,12)/t7?,8-/m0/s1. The van der Waals surface area contributed by atoms with Crippen molar-refractivity contribution in [2.45, 2.75) is 32.9 Å². The summed E-state index contributed by atoms with van der Waals surface area (Å²) in [6.07, 6.45) is 0.0308. The van der Waals surface area contributed by atoms with Gasteiger partial charge in [0.2, 0.25) is 5.91 Å². The number of rotatable bonds is 5. The fourth-order valence-electron chi connectivity index (χ4n) is 0.748. The van der Waals surface area contributed by atoms with Crippen molar-refractivity contribution in [1.82, 2.24) is 5.32 Å². The number of nitrogens with one attached hydrogen (secondary N) is 1. The fraction of sp³-hybridized carbons (Fsp3) is 0.889. The highest BCUT2D eigenvalue weighted by Crippen LogP contribution is 1.97. The van der Waals surface area contributed by atoms with Gasteiger partial charge in [0.15, 0.2) is 0 Å². The van der Waals surface area contributed by atoms with E-state index in [4.69, 9.17) is 10.5 Å². The molecule has 4 heteroatoms. The zero-order chi connectivity index (χ0) is 10.4. The van der Waals surface area contributed by atoms with E-state index in [9.17, 15) is 4.79 Å². The number of nitrogens with two attached hydrogens (primary N) is 1. The number of ether oxygens (including phenoxy) is 1. The minimum absolute atomic E-state index is 0.0308. The van der Waals surface area contributed by atoms with Crippen LogP contribution in [0.25, 0.3) is 0 Å². The first kappa shape index (κ1) is 12.4. The summed E-state index contributed by atoms with van der Waals surface area (Å²) in [6, 6.07) is -0.427. The molecule has 1 unspecified atom stereocenters. The molecule has 0 aliphatic rings. The normalized spacial score (nSPS) is 15.5. The van der Waals surface area contributed by atoms with Crippen molar-refractivity contribution < 1.29 is 9.53 Å². The second-order valence-corrected chi connectivity index (χ2v) is 3.56. The summed E-state index contributed by atoms with van der Waals surface area (Å²) < 4.78 is 4.99. The van der Waals surface area contributed by atoms with Gasteiger partial charge in [0.25, 0.3) is 0 Å². The molecule has 2 atom stereocenters. The lowest BCUT2D eigenvalue weighted by molar-refractivity contribution is -0.123. The lowest BCUT2D eigenvalue weighted by atomic mass is 10.1. The first-order valence-electron chi connectivity index (χ1n) is 4.55. The first-order valence-corrected chi connectivity index (χ1v) is 4.55. The van der Waals surface area contributed by atoms with Crippen LogP contribution >= 0.6 is 0 Å². The van der Waals surface area contributed by atoms with Crippen molar-refractivity contribution in [2.75, 3.05) is 13.7 Å². The SMILES string of the molecule is COC(C)CNC(=O)[C@@H](N)C(C)C. The Bertz CT molecular complexity index is 160. The predicted octanol–water partition coefficient (Wildman–Crippen LogP) is 0.121. The van der Waals surface area contributed by atoms with Gasteiger partial charge in [0.05, 0.1) is 12.1 Å². The third-order valence-electron chi connectivity index (χ3n) is 1.99. The van der Waals surface area contributed by atoms with Gasteiger partial charge < -0.3 is 15.8 Å². The average molecular weight is 188 g/mol. The summed E-state index contributed by atoms with van der Waals surface area (Å²) in [5, 5.41) is 2.73. The molecule has 0 aromatic heterocycles. The number of amides is 1. The van der Waals surface area contributed by atoms with Gasteiger partial charge in [-0.25, -0.2) is 0 Å². The Balaban J connectivity index is 3.74. The molecule has 0 aliphatic carbocycles. The summed E-state index contributed by atoms with van der Waals surface area (Å²) in [7, 11) is 1.61. The van der Waals surface area contributed by atoms with Crippen LogP contribution in [0.1, 0.15) is 20.8 Å². The highest BCUT2D eigenvalue weighted by Gasteiger charge is 2.16. The van der Waals surface area contributed by atoms with E-state index >= 15 is 0 Å². The van der Waals surface area contributed by atoms with E-state index in [2.05, 4.69) is 5.32 Å². The third-order valence-corrected chi connectivity index (χ3v) is 1.99. The smallest absolute Gasteiger partial charge is 0.237 e. The largest absolute Gasteiger partial charge is 0.380 e. The van der Waals surface area contributed by atoms with E-state index in [0.717, 1.165) is 0 Å². The molecule has 0 radical (unpaired) electrons. The van der Waals surface area contributed by atoms with Gasteiger partial charge >= 0.3 is 0 Å².